The Morgan fingerprint density at radius 3 is 0.500 bits per heavy atom. The Morgan fingerprint density at radius 2 is 0.500 bits per heavy atom. The molecular formula is C4CdCuN4. The third-order valence-electron chi connectivity index (χ3n) is 0. The van der Waals surface area contributed by atoms with Crippen LogP contribution in [0.4, 0.5) is 0 Å². The van der Waals surface area contributed by atoms with Crippen molar-refractivity contribution >= 4 is 0 Å². The van der Waals surface area contributed by atoms with Gasteiger partial charge >= 0.3 is 44.4 Å². The maximum absolute atomic E-state index is 6.25. The van der Waals surface area contributed by atoms with Crippen LogP contribution in [-0.2, 0) is 44.4 Å². The van der Waals surface area contributed by atoms with Crippen LogP contribution in [-0.4, -0.2) is 0 Å². The largest absolute Gasteiger partial charge is 2.00 e. The summed E-state index contributed by atoms with van der Waals surface area (Å²) in [7, 11) is 0. The fourth-order valence-electron chi connectivity index (χ4n) is 0. The van der Waals surface area contributed by atoms with Gasteiger partial charge < -0.3 is 47.3 Å². The van der Waals surface area contributed by atoms with Gasteiger partial charge in [-0.25, -0.2) is 0 Å². The zero-order valence-electron chi connectivity index (χ0n) is 4.80. The van der Waals surface area contributed by atoms with Gasteiger partial charge in [0.1, 0.15) is 0 Å². The standard InChI is InChI=1S/4CN.Cd.Cu/c4*1-2;;/q4*-1;2*+2. The Bertz CT molecular complexity index is 60.2. The van der Waals surface area contributed by atoms with Gasteiger partial charge in [-0.15, -0.1) is 0 Å². The molecule has 0 aliphatic heterocycles. The van der Waals surface area contributed by atoms with Crippen LogP contribution in [0, 0.1) is 47.3 Å². The Kier molecular flexibility index (Phi) is 7370. The third-order valence-corrected chi connectivity index (χ3v) is 0. The second-order valence-corrected chi connectivity index (χ2v) is 0. The average Bonchev–Trinajstić information content (AvgIpc) is 2.03. The van der Waals surface area contributed by atoms with Crippen molar-refractivity contribution in [1.82, 2.24) is 0 Å². The number of hydrogen-bond donors (Lipinski definition) is 0. The molecule has 10 heavy (non-hydrogen) atoms. The molecule has 0 aromatic carbocycles. The van der Waals surface area contributed by atoms with Gasteiger partial charge in [-0.1, -0.05) is 0 Å². The smallest absolute Gasteiger partial charge is 0.512 e. The Morgan fingerprint density at radius 1 is 0.500 bits per heavy atom. The van der Waals surface area contributed by atoms with Crippen molar-refractivity contribution in [3.8, 4) is 0 Å². The van der Waals surface area contributed by atoms with Gasteiger partial charge in [-0.3, -0.25) is 0 Å². The monoisotopic (exact) mass is 281 g/mol. The molecule has 4 nitrogen and oxygen atoms in total. The van der Waals surface area contributed by atoms with Crippen LogP contribution < -0.4 is 0 Å². The molecular weight excluding hydrogens is 280 g/mol. The first-order valence-electron chi connectivity index (χ1n) is 0.894. The van der Waals surface area contributed by atoms with E-state index in [0.29, 0.717) is 0 Å². The predicted molar refractivity (Wildman–Crippen MR) is 19.9 cm³/mol. The Balaban J connectivity index is -0.00000000500. The van der Waals surface area contributed by atoms with E-state index in [1.165, 1.54) is 0 Å². The number of hydrogen-bond acceptors (Lipinski definition) is 4. The second kappa shape index (κ2) is 1290. The van der Waals surface area contributed by atoms with Crippen LogP contribution in [0.3, 0.4) is 0 Å². The van der Waals surface area contributed by atoms with Gasteiger partial charge in [-0.05, 0) is 0 Å². The molecule has 0 atom stereocenters. The molecule has 0 saturated heterocycles. The fraction of sp³-hybridized carbons (Fsp3) is 0. The maximum Gasteiger partial charge on any atom is 2.00 e. The molecule has 0 amide bonds. The SMILES string of the molecule is [C-]#N.[C-]#N.[C-]#N.[C-]#N.[Cd+2].[Cu+2]. The molecule has 0 bridgehead atoms. The summed E-state index contributed by atoms with van der Waals surface area (Å²) in [5.41, 5.74) is 0. The second-order valence-electron chi connectivity index (χ2n) is 0. The van der Waals surface area contributed by atoms with Crippen molar-refractivity contribution in [1.29, 1.82) is 21.0 Å². The van der Waals surface area contributed by atoms with E-state index < -0.39 is 0 Å². The minimum Gasteiger partial charge on any atom is -0.512 e. The summed E-state index contributed by atoms with van der Waals surface area (Å²) in [4.78, 5) is 0. The van der Waals surface area contributed by atoms with Crippen LogP contribution in [0.5, 0.6) is 0 Å². The van der Waals surface area contributed by atoms with E-state index in [2.05, 4.69) is 0 Å². The minimum absolute atomic E-state index is 0. The fourth-order valence-corrected chi connectivity index (χ4v) is 0. The normalized spacial score (nSPS) is 0.800. The van der Waals surface area contributed by atoms with Crippen LogP contribution in [0.1, 0.15) is 0 Å². The van der Waals surface area contributed by atoms with Gasteiger partial charge in [0.05, 0.1) is 0 Å². The summed E-state index contributed by atoms with van der Waals surface area (Å²) in [6, 6.07) is 0. The number of rotatable bonds is 0. The molecule has 0 heterocycles. The van der Waals surface area contributed by atoms with Gasteiger partial charge in [-0.2, -0.15) is 0 Å². The molecule has 0 rings (SSSR count). The van der Waals surface area contributed by atoms with E-state index in [9.17, 15) is 0 Å². The zero-order valence-corrected chi connectivity index (χ0v) is 9.78. The minimum atomic E-state index is 0. The Labute approximate surface area is 91.3 Å². The van der Waals surface area contributed by atoms with Gasteiger partial charge in [0.15, 0.2) is 0 Å². The Hall–Kier alpha value is -0.598. The van der Waals surface area contributed by atoms with Gasteiger partial charge in [0.2, 0.25) is 0 Å². The van der Waals surface area contributed by atoms with Gasteiger partial charge in [0, 0.05) is 0 Å². The van der Waals surface area contributed by atoms with Crippen molar-refractivity contribution in [2.24, 2.45) is 0 Å². The zero-order chi connectivity index (χ0) is 8.00. The summed E-state index contributed by atoms with van der Waals surface area (Å²) in [6.07, 6.45) is 0. The molecule has 0 fully saturated rings. The van der Waals surface area contributed by atoms with E-state index in [1.807, 2.05) is 0 Å². The van der Waals surface area contributed by atoms with Crippen LogP contribution in [0.2, 0.25) is 0 Å². The summed E-state index contributed by atoms with van der Waals surface area (Å²) < 4.78 is 0. The summed E-state index contributed by atoms with van der Waals surface area (Å²) in [5.74, 6) is 0. The van der Waals surface area contributed by atoms with E-state index in [0.717, 1.165) is 0 Å². The van der Waals surface area contributed by atoms with Crippen molar-refractivity contribution in [2.45, 2.75) is 0 Å². The molecule has 0 unspecified atom stereocenters. The van der Waals surface area contributed by atoms with Crippen molar-refractivity contribution in [3.05, 3.63) is 26.3 Å². The third kappa shape index (κ3) is 847. The number of nitrogens with zero attached hydrogens (tertiary/aromatic N) is 4. The molecule has 6 heteroatoms. The molecule has 0 aliphatic carbocycles. The maximum atomic E-state index is 6.25. The molecule has 0 saturated carbocycles. The molecule has 0 N–H and O–H groups in total. The molecule has 0 aromatic heterocycles. The molecule has 49 valence electrons. The molecule has 1 radical (unpaired) electrons. The predicted octanol–water partition coefficient (Wildman–Crippen LogP) is 0.380. The first-order valence-corrected chi connectivity index (χ1v) is 0.894. The van der Waals surface area contributed by atoms with E-state index in [-0.39, 0.29) is 44.4 Å². The van der Waals surface area contributed by atoms with E-state index in [1.54, 1.807) is 0 Å². The topological polar surface area (TPSA) is 95.2 Å². The molecule has 0 aromatic rings. The summed E-state index contributed by atoms with van der Waals surface area (Å²) in [5, 5.41) is 25.0. The average molecular weight is 280 g/mol. The van der Waals surface area contributed by atoms with Gasteiger partial charge in [0.25, 0.3) is 0 Å². The van der Waals surface area contributed by atoms with Crippen LogP contribution in [0.15, 0.2) is 0 Å². The van der Waals surface area contributed by atoms with Crippen LogP contribution in [0.25, 0.3) is 0 Å². The molecule has 0 spiro atoms. The van der Waals surface area contributed by atoms with Crippen molar-refractivity contribution in [3.63, 3.8) is 0 Å². The van der Waals surface area contributed by atoms with E-state index >= 15 is 0 Å². The first kappa shape index (κ1) is 57.4. The van der Waals surface area contributed by atoms with Crippen molar-refractivity contribution < 1.29 is 44.4 Å². The summed E-state index contributed by atoms with van der Waals surface area (Å²) in [6.45, 7) is 19.0. The summed E-state index contributed by atoms with van der Waals surface area (Å²) >= 11 is 0. The quantitative estimate of drug-likeness (QED) is 0.473. The van der Waals surface area contributed by atoms with Crippen molar-refractivity contribution in [2.75, 3.05) is 0 Å². The van der Waals surface area contributed by atoms with E-state index in [4.69, 9.17) is 47.3 Å². The first-order chi connectivity index (χ1) is 4.00. The van der Waals surface area contributed by atoms with Crippen LogP contribution >= 0.6 is 0 Å². The molecule has 0 aliphatic rings.